The summed E-state index contributed by atoms with van der Waals surface area (Å²) in [4.78, 5) is 17.4. The molecule has 1 saturated heterocycles. The summed E-state index contributed by atoms with van der Waals surface area (Å²) in [5.41, 5.74) is -0.969. The highest BCUT2D eigenvalue weighted by Crippen LogP contribution is 2.26. The van der Waals surface area contributed by atoms with Crippen molar-refractivity contribution in [3.8, 4) is 0 Å². The second kappa shape index (κ2) is 6.81. The maximum absolute atomic E-state index is 12.6. The van der Waals surface area contributed by atoms with Gasteiger partial charge in [-0.1, -0.05) is 0 Å². The zero-order chi connectivity index (χ0) is 18.0. The van der Waals surface area contributed by atoms with E-state index < -0.39 is 17.4 Å². The highest BCUT2D eigenvalue weighted by atomic mass is 19.4. The Morgan fingerprint density at radius 3 is 2.48 bits per heavy atom. The molecule has 9 heteroatoms. The minimum absolute atomic E-state index is 0.214. The molecule has 0 unspecified atom stereocenters. The van der Waals surface area contributed by atoms with Crippen LogP contribution in [0.2, 0.25) is 0 Å². The van der Waals surface area contributed by atoms with Crippen LogP contribution in [-0.2, 0) is 12.7 Å². The molecule has 0 amide bonds. The molecule has 0 bridgehead atoms. The van der Waals surface area contributed by atoms with Gasteiger partial charge >= 0.3 is 6.18 Å². The first-order chi connectivity index (χ1) is 11.8. The summed E-state index contributed by atoms with van der Waals surface area (Å²) in [7, 11) is 0. The van der Waals surface area contributed by atoms with Crippen LogP contribution in [0.4, 0.5) is 19.0 Å². The maximum atomic E-state index is 12.6. The Hall–Kier alpha value is -2.45. The SMILES string of the molecule is Cc1ccc(N2CCC(Cn3cnc(C(F)(F)F)cc3=O)CC2)nn1. The van der Waals surface area contributed by atoms with Gasteiger partial charge in [0.15, 0.2) is 11.5 Å². The lowest BCUT2D eigenvalue weighted by Crippen LogP contribution is -2.37. The Morgan fingerprint density at radius 2 is 1.92 bits per heavy atom. The van der Waals surface area contributed by atoms with Crippen molar-refractivity contribution in [3.05, 3.63) is 46.3 Å². The van der Waals surface area contributed by atoms with E-state index in [2.05, 4.69) is 20.1 Å². The smallest absolute Gasteiger partial charge is 0.355 e. The van der Waals surface area contributed by atoms with E-state index in [4.69, 9.17) is 0 Å². The van der Waals surface area contributed by atoms with Gasteiger partial charge in [0.25, 0.3) is 5.56 Å². The molecule has 3 rings (SSSR count). The molecule has 1 fully saturated rings. The lowest BCUT2D eigenvalue weighted by Gasteiger charge is -2.32. The number of hydrogen-bond donors (Lipinski definition) is 0. The average Bonchev–Trinajstić information content (AvgIpc) is 2.57. The van der Waals surface area contributed by atoms with Crippen LogP contribution in [0, 0.1) is 12.8 Å². The fourth-order valence-corrected chi connectivity index (χ4v) is 2.90. The quantitative estimate of drug-likeness (QED) is 0.847. The zero-order valence-corrected chi connectivity index (χ0v) is 13.7. The molecular weight excluding hydrogens is 335 g/mol. The molecule has 0 aliphatic carbocycles. The van der Waals surface area contributed by atoms with E-state index in [1.54, 1.807) is 0 Å². The van der Waals surface area contributed by atoms with Gasteiger partial charge in [-0.05, 0) is 37.8 Å². The zero-order valence-electron chi connectivity index (χ0n) is 13.7. The first-order valence-electron chi connectivity index (χ1n) is 8.02. The summed E-state index contributed by atoms with van der Waals surface area (Å²) < 4.78 is 38.9. The molecule has 1 aliphatic heterocycles. The molecule has 2 aromatic heterocycles. The highest BCUT2D eigenvalue weighted by molar-refractivity contribution is 5.37. The van der Waals surface area contributed by atoms with Crippen LogP contribution in [0.1, 0.15) is 24.2 Å². The number of anilines is 1. The van der Waals surface area contributed by atoms with Crippen molar-refractivity contribution in [2.45, 2.75) is 32.5 Å². The van der Waals surface area contributed by atoms with Gasteiger partial charge in [0.2, 0.25) is 0 Å². The van der Waals surface area contributed by atoms with Crippen molar-refractivity contribution in [1.82, 2.24) is 19.7 Å². The number of aryl methyl sites for hydroxylation is 1. The monoisotopic (exact) mass is 353 g/mol. The lowest BCUT2D eigenvalue weighted by molar-refractivity contribution is -0.141. The normalized spacial score (nSPS) is 16.2. The molecule has 0 radical (unpaired) electrons. The Labute approximate surface area is 142 Å². The Bertz CT molecular complexity index is 780. The maximum Gasteiger partial charge on any atom is 0.433 e. The first-order valence-corrected chi connectivity index (χ1v) is 8.02. The van der Waals surface area contributed by atoms with Gasteiger partial charge in [0, 0.05) is 25.7 Å². The molecule has 1 aliphatic rings. The lowest BCUT2D eigenvalue weighted by atomic mass is 9.96. The summed E-state index contributed by atoms with van der Waals surface area (Å²) in [5, 5.41) is 8.21. The fraction of sp³-hybridized carbons (Fsp3) is 0.500. The van der Waals surface area contributed by atoms with Crippen LogP contribution in [0.3, 0.4) is 0 Å². The first kappa shape index (κ1) is 17.4. The third kappa shape index (κ3) is 4.15. The predicted octanol–water partition coefficient (Wildman–Crippen LogP) is 2.28. The Kier molecular flexibility index (Phi) is 4.73. The van der Waals surface area contributed by atoms with Crippen LogP contribution in [0.5, 0.6) is 0 Å². The summed E-state index contributed by atoms with van der Waals surface area (Å²) in [5.74, 6) is 1.03. The van der Waals surface area contributed by atoms with Crippen molar-refractivity contribution >= 4 is 5.82 Å². The van der Waals surface area contributed by atoms with Gasteiger partial charge in [0.05, 0.1) is 12.0 Å². The molecule has 0 atom stereocenters. The number of piperidine rings is 1. The van der Waals surface area contributed by atoms with E-state index in [9.17, 15) is 18.0 Å². The Morgan fingerprint density at radius 1 is 1.20 bits per heavy atom. The van der Waals surface area contributed by atoms with Gasteiger partial charge in [-0.15, -0.1) is 5.10 Å². The van der Waals surface area contributed by atoms with Crippen molar-refractivity contribution in [1.29, 1.82) is 0 Å². The molecular formula is C16H18F3N5O. The largest absolute Gasteiger partial charge is 0.433 e. The predicted molar refractivity (Wildman–Crippen MR) is 85.2 cm³/mol. The molecule has 2 aromatic rings. The molecule has 0 spiro atoms. The van der Waals surface area contributed by atoms with E-state index in [1.807, 2.05) is 19.1 Å². The van der Waals surface area contributed by atoms with Crippen molar-refractivity contribution in [2.75, 3.05) is 18.0 Å². The van der Waals surface area contributed by atoms with E-state index in [-0.39, 0.29) is 5.92 Å². The van der Waals surface area contributed by atoms with E-state index in [0.717, 1.165) is 43.8 Å². The van der Waals surface area contributed by atoms with Crippen molar-refractivity contribution in [3.63, 3.8) is 0 Å². The van der Waals surface area contributed by atoms with Crippen LogP contribution in [0.25, 0.3) is 0 Å². The Balaban J connectivity index is 1.61. The molecule has 3 heterocycles. The number of halogens is 3. The minimum Gasteiger partial charge on any atom is -0.355 e. The molecule has 25 heavy (non-hydrogen) atoms. The van der Waals surface area contributed by atoms with Gasteiger partial charge in [-0.2, -0.15) is 18.3 Å². The van der Waals surface area contributed by atoms with E-state index in [1.165, 1.54) is 4.57 Å². The second-order valence-corrected chi connectivity index (χ2v) is 6.23. The van der Waals surface area contributed by atoms with Crippen molar-refractivity contribution < 1.29 is 13.2 Å². The second-order valence-electron chi connectivity index (χ2n) is 6.23. The summed E-state index contributed by atoms with van der Waals surface area (Å²) in [6.07, 6.45) is -1.96. The number of hydrogen-bond acceptors (Lipinski definition) is 5. The molecule has 6 nitrogen and oxygen atoms in total. The number of rotatable bonds is 3. The van der Waals surface area contributed by atoms with Crippen LogP contribution < -0.4 is 10.5 Å². The molecule has 0 saturated carbocycles. The fourth-order valence-electron chi connectivity index (χ4n) is 2.90. The highest BCUT2D eigenvalue weighted by Gasteiger charge is 2.33. The third-order valence-electron chi connectivity index (χ3n) is 4.35. The number of nitrogens with zero attached hydrogens (tertiary/aromatic N) is 5. The van der Waals surface area contributed by atoms with Crippen LogP contribution in [-0.4, -0.2) is 32.8 Å². The minimum atomic E-state index is -4.60. The van der Waals surface area contributed by atoms with Crippen LogP contribution in [0.15, 0.2) is 29.3 Å². The number of aromatic nitrogens is 4. The molecule has 0 N–H and O–H groups in total. The van der Waals surface area contributed by atoms with Gasteiger partial charge in [-0.3, -0.25) is 9.36 Å². The summed E-state index contributed by atoms with van der Waals surface area (Å²) in [6.45, 7) is 3.78. The standard InChI is InChI=1S/C16H18F3N5O/c1-11-2-3-14(22-21-11)23-6-4-12(5-7-23)9-24-10-20-13(8-15(24)25)16(17,18)19/h2-3,8,10,12H,4-7,9H2,1H3. The van der Waals surface area contributed by atoms with Crippen molar-refractivity contribution in [2.24, 2.45) is 5.92 Å². The average molecular weight is 353 g/mol. The summed E-state index contributed by atoms with van der Waals surface area (Å²) >= 11 is 0. The molecule has 134 valence electrons. The third-order valence-corrected chi connectivity index (χ3v) is 4.35. The van der Waals surface area contributed by atoms with Gasteiger partial charge < -0.3 is 4.90 Å². The van der Waals surface area contributed by atoms with Gasteiger partial charge in [-0.25, -0.2) is 4.98 Å². The van der Waals surface area contributed by atoms with Crippen LogP contribution >= 0.6 is 0 Å². The number of alkyl halides is 3. The van der Waals surface area contributed by atoms with Gasteiger partial charge in [0.1, 0.15) is 0 Å². The topological polar surface area (TPSA) is 63.9 Å². The van der Waals surface area contributed by atoms with E-state index in [0.29, 0.717) is 12.6 Å². The molecule has 0 aromatic carbocycles. The summed E-state index contributed by atoms with van der Waals surface area (Å²) in [6, 6.07) is 4.38. The van der Waals surface area contributed by atoms with E-state index >= 15 is 0 Å².